The first kappa shape index (κ1) is 15.8. The van der Waals surface area contributed by atoms with E-state index in [0.29, 0.717) is 16.4 Å². The number of nitrogens with zero attached hydrogens (tertiary/aromatic N) is 1. The molecule has 2 rings (SSSR count). The quantitative estimate of drug-likeness (QED) is 0.618. The lowest BCUT2D eigenvalue weighted by atomic mass is 10.1. The Morgan fingerprint density at radius 2 is 1.90 bits per heavy atom. The van der Waals surface area contributed by atoms with Crippen LogP contribution in [0.1, 0.15) is 16.7 Å². The van der Waals surface area contributed by atoms with Gasteiger partial charge in [-0.15, -0.1) is 0 Å². The highest BCUT2D eigenvalue weighted by Crippen LogP contribution is 2.30. The highest BCUT2D eigenvalue weighted by atomic mass is 79.9. The summed E-state index contributed by atoms with van der Waals surface area (Å²) in [6.07, 6.45) is -3.02. The summed E-state index contributed by atoms with van der Waals surface area (Å²) in [7, 11) is 0. The fourth-order valence-electron chi connectivity index (χ4n) is 1.78. The molecule has 0 fully saturated rings. The molecule has 1 heterocycles. The molecule has 1 aromatic carbocycles. The SMILES string of the molecule is Cc1cc(NCc2cc(F)cc(C(F)(F)F)c2)cnc1Br. The Balaban J connectivity index is 2.16. The second-order valence-electron chi connectivity index (χ2n) is 4.53. The maximum Gasteiger partial charge on any atom is 0.416 e. The van der Waals surface area contributed by atoms with Crippen molar-refractivity contribution < 1.29 is 17.6 Å². The van der Waals surface area contributed by atoms with E-state index in [2.05, 4.69) is 26.2 Å². The van der Waals surface area contributed by atoms with Crippen LogP contribution in [0, 0.1) is 12.7 Å². The lowest BCUT2D eigenvalue weighted by molar-refractivity contribution is -0.137. The highest BCUT2D eigenvalue weighted by Gasteiger charge is 2.31. The smallest absolute Gasteiger partial charge is 0.380 e. The minimum absolute atomic E-state index is 0.0730. The molecule has 2 nitrogen and oxygen atoms in total. The van der Waals surface area contributed by atoms with Crippen LogP contribution >= 0.6 is 15.9 Å². The van der Waals surface area contributed by atoms with Crippen LogP contribution in [0.5, 0.6) is 0 Å². The van der Waals surface area contributed by atoms with Crippen molar-refractivity contribution in [2.24, 2.45) is 0 Å². The molecule has 0 aliphatic carbocycles. The standard InChI is InChI=1S/C14H11BrF4N2/c1-8-2-12(7-21-13(8)15)20-6-9-3-10(14(17,18)19)5-11(16)4-9/h2-5,7,20H,6H2,1H3. The number of nitrogens with one attached hydrogen (secondary N) is 1. The van der Waals surface area contributed by atoms with Crippen LogP contribution in [0.3, 0.4) is 0 Å². The van der Waals surface area contributed by atoms with Gasteiger partial charge in [0, 0.05) is 6.54 Å². The number of aromatic nitrogens is 1. The van der Waals surface area contributed by atoms with Crippen LogP contribution in [-0.2, 0) is 12.7 Å². The topological polar surface area (TPSA) is 24.9 Å². The van der Waals surface area contributed by atoms with E-state index in [-0.39, 0.29) is 12.1 Å². The minimum atomic E-state index is -4.56. The predicted octanol–water partition coefficient (Wildman–Crippen LogP) is 4.92. The molecule has 0 radical (unpaired) electrons. The van der Waals surface area contributed by atoms with Gasteiger partial charge < -0.3 is 5.32 Å². The molecule has 0 aliphatic heterocycles. The Morgan fingerprint density at radius 1 is 1.19 bits per heavy atom. The third kappa shape index (κ3) is 4.17. The molecule has 0 atom stereocenters. The van der Waals surface area contributed by atoms with Gasteiger partial charge in [0.15, 0.2) is 0 Å². The summed E-state index contributed by atoms with van der Waals surface area (Å²) in [4.78, 5) is 4.07. The number of halogens is 5. The molecule has 0 saturated heterocycles. The molecule has 1 aromatic heterocycles. The monoisotopic (exact) mass is 362 g/mol. The van der Waals surface area contributed by atoms with E-state index in [0.717, 1.165) is 17.7 Å². The first-order valence-electron chi connectivity index (χ1n) is 5.98. The largest absolute Gasteiger partial charge is 0.416 e. The summed E-state index contributed by atoms with van der Waals surface area (Å²) >= 11 is 3.25. The second-order valence-corrected chi connectivity index (χ2v) is 5.28. The molecule has 21 heavy (non-hydrogen) atoms. The van der Waals surface area contributed by atoms with E-state index in [1.807, 2.05) is 6.92 Å². The van der Waals surface area contributed by atoms with Crippen molar-refractivity contribution in [3.05, 3.63) is 57.6 Å². The van der Waals surface area contributed by atoms with Crippen LogP contribution in [0.25, 0.3) is 0 Å². The van der Waals surface area contributed by atoms with Gasteiger partial charge in [-0.3, -0.25) is 0 Å². The van der Waals surface area contributed by atoms with Gasteiger partial charge in [0.1, 0.15) is 10.4 Å². The Kier molecular flexibility index (Phi) is 4.51. The van der Waals surface area contributed by atoms with Crippen LogP contribution in [0.2, 0.25) is 0 Å². The van der Waals surface area contributed by atoms with Gasteiger partial charge in [-0.1, -0.05) is 0 Å². The number of pyridine rings is 1. The fourth-order valence-corrected chi connectivity index (χ4v) is 1.99. The molecule has 0 amide bonds. The van der Waals surface area contributed by atoms with Crippen molar-refractivity contribution in [1.29, 1.82) is 0 Å². The van der Waals surface area contributed by atoms with E-state index in [1.54, 1.807) is 12.3 Å². The van der Waals surface area contributed by atoms with E-state index >= 15 is 0 Å². The second kappa shape index (κ2) is 6.01. The van der Waals surface area contributed by atoms with Gasteiger partial charge in [-0.25, -0.2) is 9.37 Å². The van der Waals surface area contributed by atoms with Gasteiger partial charge in [0.2, 0.25) is 0 Å². The van der Waals surface area contributed by atoms with E-state index in [9.17, 15) is 17.6 Å². The molecule has 2 aromatic rings. The Bertz CT molecular complexity index is 656. The first-order valence-corrected chi connectivity index (χ1v) is 6.77. The Hall–Kier alpha value is -1.63. The summed E-state index contributed by atoms with van der Waals surface area (Å²) in [6.45, 7) is 1.91. The number of hydrogen-bond acceptors (Lipinski definition) is 2. The molecule has 7 heteroatoms. The van der Waals surface area contributed by atoms with Crippen molar-refractivity contribution in [2.45, 2.75) is 19.6 Å². The zero-order chi connectivity index (χ0) is 15.6. The Morgan fingerprint density at radius 3 is 2.52 bits per heavy atom. The molecule has 0 bridgehead atoms. The lowest BCUT2D eigenvalue weighted by Gasteiger charge is -2.11. The maximum absolute atomic E-state index is 13.3. The molecule has 1 N–H and O–H groups in total. The number of hydrogen-bond donors (Lipinski definition) is 1. The molecule has 112 valence electrons. The van der Waals surface area contributed by atoms with E-state index in [1.165, 1.54) is 0 Å². The molecule has 0 spiro atoms. The van der Waals surface area contributed by atoms with E-state index < -0.39 is 17.6 Å². The van der Waals surface area contributed by atoms with Gasteiger partial charge >= 0.3 is 6.18 Å². The molecular weight excluding hydrogens is 352 g/mol. The Labute approximate surface area is 127 Å². The van der Waals surface area contributed by atoms with Gasteiger partial charge in [-0.05, 0) is 58.2 Å². The minimum Gasteiger partial charge on any atom is -0.380 e. The number of aryl methyl sites for hydroxylation is 1. The summed E-state index contributed by atoms with van der Waals surface area (Å²) in [6, 6.07) is 4.27. The summed E-state index contributed by atoms with van der Waals surface area (Å²) in [5, 5.41) is 2.92. The summed E-state index contributed by atoms with van der Waals surface area (Å²) < 4.78 is 51.8. The average Bonchev–Trinajstić information content (AvgIpc) is 2.38. The summed E-state index contributed by atoms with van der Waals surface area (Å²) in [5.74, 6) is -0.910. The molecule has 0 aliphatic rings. The van der Waals surface area contributed by atoms with Gasteiger partial charge in [0.25, 0.3) is 0 Å². The van der Waals surface area contributed by atoms with Gasteiger partial charge in [-0.2, -0.15) is 13.2 Å². The fraction of sp³-hybridized carbons (Fsp3) is 0.214. The summed E-state index contributed by atoms with van der Waals surface area (Å²) in [5.41, 5.74) is 0.746. The van der Waals surface area contributed by atoms with Crippen molar-refractivity contribution in [3.63, 3.8) is 0 Å². The van der Waals surface area contributed by atoms with Crippen molar-refractivity contribution in [1.82, 2.24) is 4.98 Å². The third-order valence-electron chi connectivity index (χ3n) is 2.80. The molecule has 0 unspecified atom stereocenters. The number of rotatable bonds is 3. The van der Waals surface area contributed by atoms with Crippen molar-refractivity contribution in [3.8, 4) is 0 Å². The number of anilines is 1. The average molecular weight is 363 g/mol. The van der Waals surface area contributed by atoms with Crippen LogP contribution in [0.15, 0.2) is 35.1 Å². The number of alkyl halides is 3. The maximum atomic E-state index is 13.3. The van der Waals surface area contributed by atoms with Crippen molar-refractivity contribution >= 4 is 21.6 Å². The highest BCUT2D eigenvalue weighted by molar-refractivity contribution is 9.10. The zero-order valence-corrected chi connectivity index (χ0v) is 12.5. The third-order valence-corrected chi connectivity index (χ3v) is 3.63. The van der Waals surface area contributed by atoms with Crippen LogP contribution in [0.4, 0.5) is 23.2 Å². The molecular formula is C14H11BrF4N2. The lowest BCUT2D eigenvalue weighted by Crippen LogP contribution is -2.08. The van der Waals surface area contributed by atoms with Crippen molar-refractivity contribution in [2.75, 3.05) is 5.32 Å². The number of benzene rings is 1. The molecule has 0 saturated carbocycles. The normalized spacial score (nSPS) is 11.5. The van der Waals surface area contributed by atoms with Crippen LogP contribution in [-0.4, -0.2) is 4.98 Å². The van der Waals surface area contributed by atoms with Gasteiger partial charge in [0.05, 0.1) is 17.4 Å². The van der Waals surface area contributed by atoms with E-state index in [4.69, 9.17) is 0 Å². The van der Waals surface area contributed by atoms with Crippen LogP contribution < -0.4 is 5.32 Å². The predicted molar refractivity (Wildman–Crippen MR) is 75.4 cm³/mol. The zero-order valence-electron chi connectivity index (χ0n) is 10.9. The first-order chi connectivity index (χ1) is 9.75.